The van der Waals surface area contributed by atoms with Gasteiger partial charge in [-0.3, -0.25) is 4.79 Å². The number of thiazole rings is 1. The van der Waals surface area contributed by atoms with Gasteiger partial charge in [-0.05, 0) is 36.4 Å². The first-order valence-corrected chi connectivity index (χ1v) is 7.88. The van der Waals surface area contributed by atoms with Crippen LogP contribution in [0.25, 0.3) is 10.6 Å². The van der Waals surface area contributed by atoms with Gasteiger partial charge in [0, 0.05) is 22.3 Å². The minimum atomic E-state index is -0.159. The highest BCUT2D eigenvalue weighted by molar-refractivity contribution is 7.13. The molecule has 0 aliphatic heterocycles. The summed E-state index contributed by atoms with van der Waals surface area (Å²) in [6.07, 6.45) is 0.185. The number of phenolic OH excluding ortho intramolecular Hbond substituents is 1. The Hall–Kier alpha value is -2.86. The topological polar surface area (TPSA) is 88.2 Å². The first kappa shape index (κ1) is 15.1. The lowest BCUT2D eigenvalue weighted by atomic mass is 10.2. The molecule has 3 rings (SSSR count). The van der Waals surface area contributed by atoms with Crippen molar-refractivity contribution in [2.45, 2.75) is 6.42 Å². The Morgan fingerprint density at radius 1 is 1.17 bits per heavy atom. The highest BCUT2D eigenvalue weighted by Crippen LogP contribution is 2.28. The summed E-state index contributed by atoms with van der Waals surface area (Å²) in [5, 5.41) is 14.7. The van der Waals surface area contributed by atoms with E-state index in [1.807, 2.05) is 29.6 Å². The zero-order valence-corrected chi connectivity index (χ0v) is 13.0. The fourth-order valence-electron chi connectivity index (χ4n) is 2.12. The summed E-state index contributed by atoms with van der Waals surface area (Å²) in [7, 11) is 0. The van der Waals surface area contributed by atoms with Crippen LogP contribution in [-0.2, 0) is 11.2 Å². The van der Waals surface area contributed by atoms with Gasteiger partial charge in [-0.1, -0.05) is 12.1 Å². The van der Waals surface area contributed by atoms with Crippen molar-refractivity contribution in [3.63, 3.8) is 0 Å². The maximum atomic E-state index is 12.0. The van der Waals surface area contributed by atoms with E-state index < -0.39 is 0 Å². The molecule has 0 aliphatic rings. The van der Waals surface area contributed by atoms with Crippen LogP contribution in [0.15, 0.2) is 53.9 Å². The van der Waals surface area contributed by atoms with Gasteiger partial charge in [0.15, 0.2) is 0 Å². The van der Waals surface area contributed by atoms with Gasteiger partial charge < -0.3 is 16.2 Å². The zero-order valence-electron chi connectivity index (χ0n) is 12.2. The quantitative estimate of drug-likeness (QED) is 0.507. The van der Waals surface area contributed by atoms with Gasteiger partial charge in [-0.25, -0.2) is 4.98 Å². The summed E-state index contributed by atoms with van der Waals surface area (Å²) >= 11 is 1.46. The Labute approximate surface area is 137 Å². The number of para-hydroxylation sites is 1. The van der Waals surface area contributed by atoms with Crippen molar-refractivity contribution >= 4 is 28.6 Å². The lowest BCUT2D eigenvalue weighted by Gasteiger charge is -2.04. The molecule has 116 valence electrons. The fraction of sp³-hybridized carbons (Fsp3) is 0.0588. The van der Waals surface area contributed by atoms with Crippen LogP contribution in [0.1, 0.15) is 5.69 Å². The van der Waals surface area contributed by atoms with E-state index in [-0.39, 0.29) is 18.1 Å². The minimum absolute atomic E-state index is 0.159. The number of hydrogen-bond donors (Lipinski definition) is 3. The molecule has 1 aromatic heterocycles. The molecule has 1 amide bonds. The smallest absolute Gasteiger partial charge is 0.230 e. The molecule has 0 saturated heterocycles. The molecule has 4 N–H and O–H groups in total. The molecule has 5 nitrogen and oxygen atoms in total. The molecule has 0 spiro atoms. The number of carbonyl (C=O) groups excluding carboxylic acids is 1. The first-order valence-electron chi connectivity index (χ1n) is 7.00. The normalized spacial score (nSPS) is 10.4. The Morgan fingerprint density at radius 2 is 1.91 bits per heavy atom. The second-order valence-corrected chi connectivity index (χ2v) is 5.86. The predicted octanol–water partition coefficient (Wildman–Crippen LogP) is 3.28. The van der Waals surface area contributed by atoms with Crippen LogP contribution in [0.2, 0.25) is 0 Å². The molecular weight excluding hydrogens is 310 g/mol. The van der Waals surface area contributed by atoms with E-state index in [0.717, 1.165) is 10.6 Å². The molecule has 23 heavy (non-hydrogen) atoms. The third-order valence-electron chi connectivity index (χ3n) is 3.24. The molecule has 0 aliphatic carbocycles. The lowest BCUT2D eigenvalue weighted by Crippen LogP contribution is -2.14. The highest BCUT2D eigenvalue weighted by Gasteiger charge is 2.11. The third-order valence-corrected chi connectivity index (χ3v) is 4.16. The van der Waals surface area contributed by atoms with E-state index in [1.54, 1.807) is 12.1 Å². The van der Waals surface area contributed by atoms with Crippen LogP contribution in [-0.4, -0.2) is 16.0 Å². The number of nitrogens with one attached hydrogen (secondary N) is 1. The van der Waals surface area contributed by atoms with Gasteiger partial charge in [0.05, 0.1) is 12.1 Å². The molecule has 1 heterocycles. The molecule has 0 unspecified atom stereocenters. The molecule has 6 heteroatoms. The molecule has 0 fully saturated rings. The molecule has 2 aromatic carbocycles. The van der Waals surface area contributed by atoms with Gasteiger partial charge in [0.1, 0.15) is 10.8 Å². The van der Waals surface area contributed by atoms with Crippen LogP contribution < -0.4 is 11.1 Å². The second-order valence-electron chi connectivity index (χ2n) is 5.00. The first-order chi connectivity index (χ1) is 11.1. The van der Waals surface area contributed by atoms with E-state index in [1.165, 1.54) is 23.5 Å². The van der Waals surface area contributed by atoms with Crippen LogP contribution >= 0.6 is 11.3 Å². The predicted molar refractivity (Wildman–Crippen MR) is 92.4 cm³/mol. The highest BCUT2D eigenvalue weighted by atomic mass is 32.1. The van der Waals surface area contributed by atoms with Crippen LogP contribution in [0.3, 0.4) is 0 Å². The van der Waals surface area contributed by atoms with E-state index >= 15 is 0 Å². The summed E-state index contributed by atoms with van der Waals surface area (Å²) < 4.78 is 0. The maximum absolute atomic E-state index is 12.0. The van der Waals surface area contributed by atoms with E-state index in [4.69, 9.17) is 5.73 Å². The van der Waals surface area contributed by atoms with Crippen molar-refractivity contribution in [3.8, 4) is 16.3 Å². The van der Waals surface area contributed by atoms with Crippen LogP contribution in [0.4, 0.5) is 11.4 Å². The largest absolute Gasteiger partial charge is 0.508 e. The maximum Gasteiger partial charge on any atom is 0.230 e. The number of aromatic hydroxyl groups is 1. The van der Waals surface area contributed by atoms with Crippen molar-refractivity contribution in [2.75, 3.05) is 11.1 Å². The number of carbonyl (C=O) groups is 1. The Bertz CT molecular complexity index is 828. The SMILES string of the molecule is Nc1ccccc1-c1nc(CC(=O)Nc2ccc(O)cc2)cs1. The summed E-state index contributed by atoms with van der Waals surface area (Å²) in [4.78, 5) is 16.5. The molecule has 0 radical (unpaired) electrons. The summed E-state index contributed by atoms with van der Waals surface area (Å²) in [6, 6.07) is 13.9. The van der Waals surface area contributed by atoms with Crippen molar-refractivity contribution in [3.05, 3.63) is 59.6 Å². The van der Waals surface area contributed by atoms with E-state index in [0.29, 0.717) is 17.1 Å². The minimum Gasteiger partial charge on any atom is -0.508 e. The summed E-state index contributed by atoms with van der Waals surface area (Å²) in [5.74, 6) is 0.00108. The van der Waals surface area contributed by atoms with Gasteiger partial charge in [-0.2, -0.15) is 0 Å². The van der Waals surface area contributed by atoms with Crippen molar-refractivity contribution in [1.82, 2.24) is 4.98 Å². The number of nitrogen functional groups attached to an aromatic ring is 1. The molecular formula is C17H15N3O2S. The third kappa shape index (κ3) is 3.67. The lowest BCUT2D eigenvalue weighted by molar-refractivity contribution is -0.115. The number of hydrogen-bond acceptors (Lipinski definition) is 5. The van der Waals surface area contributed by atoms with Crippen LogP contribution in [0.5, 0.6) is 5.75 Å². The van der Waals surface area contributed by atoms with Gasteiger partial charge in [0.25, 0.3) is 0 Å². The molecule has 0 atom stereocenters. The molecule has 0 bridgehead atoms. The monoisotopic (exact) mass is 325 g/mol. The number of rotatable bonds is 4. The number of aromatic nitrogens is 1. The summed E-state index contributed by atoms with van der Waals surface area (Å²) in [5.41, 5.74) is 8.82. The van der Waals surface area contributed by atoms with Gasteiger partial charge in [-0.15, -0.1) is 11.3 Å². The average Bonchev–Trinajstić information content (AvgIpc) is 2.98. The second kappa shape index (κ2) is 6.50. The van der Waals surface area contributed by atoms with Gasteiger partial charge >= 0.3 is 0 Å². The zero-order chi connectivity index (χ0) is 16.2. The van der Waals surface area contributed by atoms with Crippen molar-refractivity contribution in [2.24, 2.45) is 0 Å². The van der Waals surface area contributed by atoms with Crippen LogP contribution in [0, 0.1) is 0 Å². The number of anilines is 2. The van der Waals surface area contributed by atoms with E-state index in [2.05, 4.69) is 10.3 Å². The van der Waals surface area contributed by atoms with E-state index in [9.17, 15) is 9.90 Å². The van der Waals surface area contributed by atoms with Gasteiger partial charge in [0.2, 0.25) is 5.91 Å². The molecule has 3 aromatic rings. The number of nitrogens with two attached hydrogens (primary N) is 1. The molecule has 0 saturated carbocycles. The number of nitrogens with zero attached hydrogens (tertiary/aromatic N) is 1. The standard InChI is InChI=1S/C17H15N3O2S/c18-15-4-2-1-3-14(15)17-20-12(10-23-17)9-16(22)19-11-5-7-13(21)8-6-11/h1-8,10,21H,9,18H2,(H,19,22). The van der Waals surface area contributed by atoms with Crippen molar-refractivity contribution < 1.29 is 9.90 Å². The number of amides is 1. The Morgan fingerprint density at radius 3 is 2.65 bits per heavy atom. The number of phenols is 1. The Kier molecular flexibility index (Phi) is 4.25. The van der Waals surface area contributed by atoms with Crippen molar-refractivity contribution in [1.29, 1.82) is 0 Å². The number of benzene rings is 2. The fourth-order valence-corrected chi connectivity index (χ4v) is 2.98. The Balaban J connectivity index is 1.68. The average molecular weight is 325 g/mol. The summed E-state index contributed by atoms with van der Waals surface area (Å²) in [6.45, 7) is 0.